The second-order valence-corrected chi connectivity index (χ2v) is 3.51. The van der Waals surface area contributed by atoms with E-state index in [9.17, 15) is 0 Å². The number of hydrogen-bond donors (Lipinski definition) is 1. The van der Waals surface area contributed by atoms with Crippen LogP contribution in [0.5, 0.6) is 17.2 Å². The van der Waals surface area contributed by atoms with Crippen molar-refractivity contribution in [2.75, 3.05) is 33.7 Å². The van der Waals surface area contributed by atoms with Crippen molar-refractivity contribution < 1.29 is 14.2 Å². The number of hydrogen-bond acceptors (Lipinski definition) is 6. The zero-order valence-corrected chi connectivity index (χ0v) is 10.8. The molecule has 2 aromatic rings. The molecule has 0 bridgehead atoms. The van der Waals surface area contributed by atoms with Crippen molar-refractivity contribution in [1.29, 1.82) is 0 Å². The Hall–Kier alpha value is -2.24. The minimum atomic E-state index is 0.522. The summed E-state index contributed by atoms with van der Waals surface area (Å²) in [6, 6.07) is 1.82. The predicted octanol–water partition coefficient (Wildman–Crippen LogP) is 1.70. The Kier molecular flexibility index (Phi) is 3.36. The lowest BCUT2D eigenvalue weighted by molar-refractivity contribution is 0.327. The molecule has 6 heteroatoms. The third-order valence-electron chi connectivity index (χ3n) is 2.67. The van der Waals surface area contributed by atoms with Gasteiger partial charge in [0.2, 0.25) is 5.75 Å². The summed E-state index contributed by atoms with van der Waals surface area (Å²) in [7, 11) is 6.50. The number of aromatic nitrogens is 2. The van der Waals surface area contributed by atoms with Crippen molar-refractivity contribution in [3.63, 3.8) is 0 Å². The molecule has 0 amide bonds. The van der Waals surface area contributed by atoms with E-state index in [1.165, 1.54) is 6.33 Å². The second-order valence-electron chi connectivity index (χ2n) is 3.51. The van der Waals surface area contributed by atoms with Crippen LogP contribution in [-0.4, -0.2) is 38.3 Å². The molecule has 0 saturated carbocycles. The maximum atomic E-state index is 5.37. The molecule has 2 rings (SSSR count). The molecule has 1 N–H and O–H groups in total. The normalized spacial score (nSPS) is 10.2. The Balaban J connectivity index is 2.87. The van der Waals surface area contributed by atoms with Crippen LogP contribution in [0.3, 0.4) is 0 Å². The van der Waals surface area contributed by atoms with Gasteiger partial charge in [-0.3, -0.25) is 0 Å². The van der Waals surface area contributed by atoms with Crippen LogP contribution in [0.4, 0.5) is 5.82 Å². The van der Waals surface area contributed by atoms with E-state index in [-0.39, 0.29) is 0 Å². The van der Waals surface area contributed by atoms with Gasteiger partial charge in [-0.05, 0) is 6.07 Å². The minimum Gasteiger partial charge on any atom is -0.493 e. The van der Waals surface area contributed by atoms with Crippen LogP contribution >= 0.6 is 0 Å². The van der Waals surface area contributed by atoms with Crippen LogP contribution in [-0.2, 0) is 0 Å². The zero-order valence-electron chi connectivity index (χ0n) is 10.8. The Bertz CT molecular complexity index is 572. The Labute approximate surface area is 105 Å². The maximum Gasteiger partial charge on any atom is 0.205 e. The number of fused-ring (bicyclic) bond motifs is 1. The molecule has 96 valence electrons. The van der Waals surface area contributed by atoms with E-state index >= 15 is 0 Å². The van der Waals surface area contributed by atoms with Gasteiger partial charge in [0.1, 0.15) is 17.7 Å². The number of nitrogens with zero attached hydrogens (tertiary/aromatic N) is 2. The van der Waals surface area contributed by atoms with E-state index in [2.05, 4.69) is 15.3 Å². The molecule has 1 aromatic heterocycles. The molecule has 0 aliphatic carbocycles. The van der Waals surface area contributed by atoms with Gasteiger partial charge in [0.25, 0.3) is 0 Å². The molecule has 0 spiro atoms. The molecular formula is C12H15N3O3. The third-order valence-corrected chi connectivity index (χ3v) is 2.67. The van der Waals surface area contributed by atoms with Crippen molar-refractivity contribution in [3.8, 4) is 17.2 Å². The molecule has 0 fully saturated rings. The van der Waals surface area contributed by atoms with Crippen molar-refractivity contribution >= 4 is 16.7 Å². The fourth-order valence-electron chi connectivity index (χ4n) is 1.86. The summed E-state index contributed by atoms with van der Waals surface area (Å²) in [6.45, 7) is 0. The van der Waals surface area contributed by atoms with E-state index in [1.807, 2.05) is 6.07 Å². The van der Waals surface area contributed by atoms with Gasteiger partial charge in [-0.2, -0.15) is 0 Å². The standard InChI is InChI=1S/C12H15N3O3/c1-13-12-7-5-8(16-2)10(17-3)11(18-4)9(7)14-6-15-12/h5-6H,1-4H3,(H,13,14,15). The van der Waals surface area contributed by atoms with Crippen molar-refractivity contribution in [1.82, 2.24) is 9.97 Å². The van der Waals surface area contributed by atoms with Gasteiger partial charge in [-0.25, -0.2) is 9.97 Å². The fourth-order valence-corrected chi connectivity index (χ4v) is 1.86. The molecule has 6 nitrogen and oxygen atoms in total. The first-order chi connectivity index (χ1) is 8.76. The number of nitrogens with one attached hydrogen (secondary N) is 1. The fraction of sp³-hybridized carbons (Fsp3) is 0.333. The van der Waals surface area contributed by atoms with Crippen LogP contribution in [0.2, 0.25) is 0 Å². The average Bonchev–Trinajstić information content (AvgIpc) is 2.44. The van der Waals surface area contributed by atoms with E-state index in [4.69, 9.17) is 14.2 Å². The van der Waals surface area contributed by atoms with Crippen molar-refractivity contribution in [3.05, 3.63) is 12.4 Å². The molecule has 0 saturated heterocycles. The summed E-state index contributed by atoms with van der Waals surface area (Å²) in [4.78, 5) is 8.39. The molecule has 18 heavy (non-hydrogen) atoms. The van der Waals surface area contributed by atoms with Gasteiger partial charge in [-0.1, -0.05) is 0 Å². The molecule has 1 aromatic carbocycles. The first kappa shape index (κ1) is 12.2. The zero-order chi connectivity index (χ0) is 13.1. The largest absolute Gasteiger partial charge is 0.493 e. The number of ether oxygens (including phenoxy) is 3. The Morgan fingerprint density at radius 1 is 1.00 bits per heavy atom. The second kappa shape index (κ2) is 4.95. The van der Waals surface area contributed by atoms with E-state index in [0.29, 0.717) is 28.6 Å². The lowest BCUT2D eigenvalue weighted by Crippen LogP contribution is -2.00. The number of methoxy groups -OCH3 is 3. The summed E-state index contributed by atoms with van der Waals surface area (Å²) in [5.41, 5.74) is 0.675. The lowest BCUT2D eigenvalue weighted by atomic mass is 10.2. The van der Waals surface area contributed by atoms with Crippen LogP contribution < -0.4 is 19.5 Å². The highest BCUT2D eigenvalue weighted by Crippen LogP contribution is 2.43. The van der Waals surface area contributed by atoms with Gasteiger partial charge in [0, 0.05) is 7.05 Å². The SMILES string of the molecule is CNc1ncnc2c(OC)c(OC)c(OC)cc12. The summed E-state index contributed by atoms with van der Waals surface area (Å²) in [5, 5.41) is 3.82. The Morgan fingerprint density at radius 2 is 1.72 bits per heavy atom. The topological polar surface area (TPSA) is 65.5 Å². The maximum absolute atomic E-state index is 5.37. The lowest BCUT2D eigenvalue weighted by Gasteiger charge is -2.15. The highest BCUT2D eigenvalue weighted by Gasteiger charge is 2.18. The van der Waals surface area contributed by atoms with Crippen LogP contribution in [0.15, 0.2) is 12.4 Å². The molecule has 0 aliphatic heterocycles. The monoisotopic (exact) mass is 249 g/mol. The molecule has 0 unspecified atom stereocenters. The molecule has 1 heterocycles. The highest BCUT2D eigenvalue weighted by molar-refractivity contribution is 5.96. The van der Waals surface area contributed by atoms with E-state index < -0.39 is 0 Å². The summed E-state index contributed by atoms with van der Waals surface area (Å²) in [6.07, 6.45) is 1.47. The minimum absolute atomic E-state index is 0.522. The summed E-state index contributed by atoms with van der Waals surface area (Å²) < 4.78 is 16.0. The number of benzene rings is 1. The van der Waals surface area contributed by atoms with Crippen molar-refractivity contribution in [2.45, 2.75) is 0 Å². The van der Waals surface area contributed by atoms with Gasteiger partial charge in [-0.15, -0.1) is 0 Å². The van der Waals surface area contributed by atoms with Gasteiger partial charge in [0.05, 0.1) is 26.7 Å². The van der Waals surface area contributed by atoms with Crippen molar-refractivity contribution in [2.24, 2.45) is 0 Å². The summed E-state index contributed by atoms with van der Waals surface area (Å²) >= 11 is 0. The summed E-state index contributed by atoms with van der Waals surface area (Å²) in [5.74, 6) is 2.34. The van der Waals surface area contributed by atoms with Gasteiger partial charge < -0.3 is 19.5 Å². The highest BCUT2D eigenvalue weighted by atomic mass is 16.5. The Morgan fingerprint density at radius 3 is 2.28 bits per heavy atom. The number of anilines is 1. The molecule has 0 radical (unpaired) electrons. The van der Waals surface area contributed by atoms with Crippen LogP contribution in [0.25, 0.3) is 10.9 Å². The smallest absolute Gasteiger partial charge is 0.205 e. The first-order valence-electron chi connectivity index (χ1n) is 5.38. The molecular weight excluding hydrogens is 234 g/mol. The van der Waals surface area contributed by atoms with Gasteiger partial charge in [0.15, 0.2) is 11.5 Å². The predicted molar refractivity (Wildman–Crippen MR) is 68.7 cm³/mol. The van der Waals surface area contributed by atoms with E-state index in [1.54, 1.807) is 28.4 Å². The third kappa shape index (κ3) is 1.75. The quantitative estimate of drug-likeness (QED) is 0.889. The average molecular weight is 249 g/mol. The van der Waals surface area contributed by atoms with E-state index in [0.717, 1.165) is 5.39 Å². The van der Waals surface area contributed by atoms with Gasteiger partial charge >= 0.3 is 0 Å². The molecule has 0 atom stereocenters. The van der Waals surface area contributed by atoms with Crippen LogP contribution in [0, 0.1) is 0 Å². The number of rotatable bonds is 4. The van der Waals surface area contributed by atoms with Crippen LogP contribution in [0.1, 0.15) is 0 Å². The molecule has 0 aliphatic rings. The first-order valence-corrected chi connectivity index (χ1v) is 5.38.